The molecule has 0 heterocycles. The summed E-state index contributed by atoms with van der Waals surface area (Å²) >= 11 is 0. The summed E-state index contributed by atoms with van der Waals surface area (Å²) < 4.78 is 0. The van der Waals surface area contributed by atoms with E-state index in [9.17, 15) is 9.59 Å². The predicted molar refractivity (Wildman–Crippen MR) is 45.1 cm³/mol. The van der Waals surface area contributed by atoms with Crippen molar-refractivity contribution >= 4 is 11.9 Å². The number of aliphatic carboxylic acids is 2. The van der Waals surface area contributed by atoms with E-state index in [1.807, 2.05) is 0 Å². The van der Waals surface area contributed by atoms with Gasteiger partial charge in [0.15, 0.2) is 0 Å². The van der Waals surface area contributed by atoms with E-state index in [0.717, 1.165) is 6.08 Å². The number of nitrogens with two attached hydrogens (primary N) is 1. The second-order valence-corrected chi connectivity index (χ2v) is 2.59. The highest BCUT2D eigenvalue weighted by Gasteiger charge is 2.31. The fourth-order valence-corrected chi connectivity index (χ4v) is 0.737. The maximum absolute atomic E-state index is 10.6. The Hall–Kier alpha value is -1.58. The van der Waals surface area contributed by atoms with Gasteiger partial charge < -0.3 is 15.9 Å². The number of carboxylic acids is 2. The fraction of sp³-hybridized carbons (Fsp3) is 0.375. The third-order valence-corrected chi connectivity index (χ3v) is 1.51. The number of rotatable bonds is 5. The maximum Gasteiger partial charge on any atom is 0.328 e. The van der Waals surface area contributed by atoms with E-state index in [-0.39, 0.29) is 12.8 Å². The van der Waals surface area contributed by atoms with E-state index < -0.39 is 17.5 Å². The van der Waals surface area contributed by atoms with E-state index in [1.54, 1.807) is 0 Å². The first-order valence-corrected chi connectivity index (χ1v) is 3.53. The normalized spacial score (nSPS) is 13.9. The Morgan fingerprint density at radius 3 is 2.38 bits per heavy atom. The van der Waals surface area contributed by atoms with E-state index >= 15 is 0 Å². The molecule has 0 spiro atoms. The largest absolute Gasteiger partial charge is 0.481 e. The molecular weight excluding hydrogens is 174 g/mol. The molecule has 0 saturated heterocycles. The summed E-state index contributed by atoms with van der Waals surface area (Å²) in [5.74, 6) is -2.38. The van der Waals surface area contributed by atoms with Gasteiger partial charge in [0.25, 0.3) is 0 Å². The Morgan fingerprint density at radius 1 is 1.54 bits per heavy atom. The summed E-state index contributed by atoms with van der Waals surface area (Å²) in [7, 11) is 0. The molecule has 72 valence electrons. The number of carboxylic acid groups (broad SMARTS) is 2. The molecular formula is C8H11NO4. The summed E-state index contributed by atoms with van der Waals surface area (Å²) in [6.45, 7) is 3.18. The van der Waals surface area contributed by atoms with Gasteiger partial charge in [-0.15, -0.1) is 5.73 Å². The molecule has 0 aliphatic heterocycles. The molecule has 0 unspecified atom stereocenters. The van der Waals surface area contributed by atoms with Crippen LogP contribution >= 0.6 is 0 Å². The Kier molecular flexibility index (Phi) is 3.91. The van der Waals surface area contributed by atoms with Crippen molar-refractivity contribution in [2.75, 3.05) is 0 Å². The smallest absolute Gasteiger partial charge is 0.328 e. The summed E-state index contributed by atoms with van der Waals surface area (Å²) in [5.41, 5.74) is 5.94. The lowest BCUT2D eigenvalue weighted by atomic mass is 9.95. The van der Waals surface area contributed by atoms with Gasteiger partial charge in [0.2, 0.25) is 0 Å². The van der Waals surface area contributed by atoms with E-state index in [1.165, 1.54) is 0 Å². The van der Waals surface area contributed by atoms with Crippen molar-refractivity contribution in [1.29, 1.82) is 0 Å². The summed E-state index contributed by atoms with van der Waals surface area (Å²) in [5, 5.41) is 17.0. The molecule has 5 nitrogen and oxygen atoms in total. The van der Waals surface area contributed by atoms with Crippen LogP contribution in [-0.2, 0) is 9.59 Å². The van der Waals surface area contributed by atoms with Crippen LogP contribution in [0.4, 0.5) is 0 Å². The van der Waals surface area contributed by atoms with Gasteiger partial charge in [-0.2, -0.15) is 0 Å². The van der Waals surface area contributed by atoms with Gasteiger partial charge in [-0.3, -0.25) is 4.79 Å². The Balaban J connectivity index is 4.51. The van der Waals surface area contributed by atoms with Gasteiger partial charge in [0.1, 0.15) is 5.54 Å². The SMILES string of the molecule is C=C=C[C@](N)(CCC(=O)O)C(=O)O. The van der Waals surface area contributed by atoms with Crippen molar-refractivity contribution in [3.63, 3.8) is 0 Å². The van der Waals surface area contributed by atoms with E-state index in [0.29, 0.717) is 0 Å². The van der Waals surface area contributed by atoms with E-state index in [2.05, 4.69) is 12.3 Å². The molecule has 0 aromatic carbocycles. The Labute approximate surface area is 75.2 Å². The zero-order chi connectivity index (χ0) is 10.5. The zero-order valence-corrected chi connectivity index (χ0v) is 6.99. The van der Waals surface area contributed by atoms with Gasteiger partial charge >= 0.3 is 11.9 Å². The highest BCUT2D eigenvalue weighted by atomic mass is 16.4. The van der Waals surface area contributed by atoms with Gasteiger partial charge in [-0.25, -0.2) is 4.79 Å². The monoisotopic (exact) mass is 185 g/mol. The van der Waals surface area contributed by atoms with Crippen molar-refractivity contribution in [2.45, 2.75) is 18.4 Å². The third kappa shape index (κ3) is 3.55. The van der Waals surface area contributed by atoms with Crippen molar-refractivity contribution in [3.8, 4) is 0 Å². The lowest BCUT2D eigenvalue weighted by Gasteiger charge is -2.17. The molecule has 13 heavy (non-hydrogen) atoms. The molecule has 5 heteroatoms. The zero-order valence-electron chi connectivity index (χ0n) is 6.99. The lowest BCUT2D eigenvalue weighted by Crippen LogP contribution is -2.46. The molecule has 0 radical (unpaired) electrons. The second kappa shape index (κ2) is 4.45. The highest BCUT2D eigenvalue weighted by Crippen LogP contribution is 2.11. The molecule has 0 aliphatic rings. The first-order chi connectivity index (χ1) is 5.92. The number of hydrogen-bond acceptors (Lipinski definition) is 3. The maximum atomic E-state index is 10.6. The van der Waals surface area contributed by atoms with Gasteiger partial charge in [0.05, 0.1) is 0 Å². The fourth-order valence-electron chi connectivity index (χ4n) is 0.737. The first kappa shape index (κ1) is 11.4. The van der Waals surface area contributed by atoms with Gasteiger partial charge in [-0.1, -0.05) is 6.58 Å². The van der Waals surface area contributed by atoms with Crippen LogP contribution in [0, 0.1) is 0 Å². The Morgan fingerprint density at radius 2 is 2.08 bits per heavy atom. The molecule has 0 aromatic heterocycles. The molecule has 0 saturated carbocycles. The summed E-state index contributed by atoms with van der Waals surface area (Å²) in [4.78, 5) is 20.8. The second-order valence-electron chi connectivity index (χ2n) is 2.59. The highest BCUT2D eigenvalue weighted by molar-refractivity contribution is 5.82. The minimum absolute atomic E-state index is 0.180. The molecule has 1 atom stereocenters. The first-order valence-electron chi connectivity index (χ1n) is 3.53. The third-order valence-electron chi connectivity index (χ3n) is 1.51. The minimum Gasteiger partial charge on any atom is -0.481 e. The lowest BCUT2D eigenvalue weighted by molar-refractivity contribution is -0.142. The minimum atomic E-state index is -1.68. The molecule has 0 aromatic rings. The summed E-state index contributed by atoms with van der Waals surface area (Å²) in [6, 6.07) is 0. The van der Waals surface area contributed by atoms with Crippen molar-refractivity contribution in [2.24, 2.45) is 5.73 Å². The molecule has 0 amide bonds. The van der Waals surface area contributed by atoms with Crippen LogP contribution in [0.2, 0.25) is 0 Å². The van der Waals surface area contributed by atoms with Crippen molar-refractivity contribution < 1.29 is 19.8 Å². The molecule has 4 N–H and O–H groups in total. The van der Waals surface area contributed by atoms with Crippen LogP contribution < -0.4 is 5.73 Å². The predicted octanol–water partition coefficient (Wildman–Crippen LogP) is -0.0256. The van der Waals surface area contributed by atoms with Crippen molar-refractivity contribution in [3.05, 3.63) is 18.4 Å². The van der Waals surface area contributed by atoms with E-state index in [4.69, 9.17) is 15.9 Å². The quantitative estimate of drug-likeness (QED) is 0.522. The average molecular weight is 185 g/mol. The van der Waals surface area contributed by atoms with Crippen LogP contribution in [-0.4, -0.2) is 27.7 Å². The van der Waals surface area contributed by atoms with Gasteiger partial charge in [0, 0.05) is 6.42 Å². The van der Waals surface area contributed by atoms with Crippen molar-refractivity contribution in [1.82, 2.24) is 0 Å². The molecule has 0 bridgehead atoms. The van der Waals surface area contributed by atoms with Crippen LogP contribution in [0.25, 0.3) is 0 Å². The standard InChI is InChI=1S/C8H11NO4/c1-2-4-8(9,7(12)13)5-3-6(10)11/h4H,1,3,5,9H2,(H,10,11)(H,12,13)/t8-/m0/s1. The number of carbonyl (C=O) groups is 2. The molecule has 0 aliphatic carbocycles. The van der Waals surface area contributed by atoms with Crippen LogP contribution in [0.3, 0.4) is 0 Å². The topological polar surface area (TPSA) is 101 Å². The Bertz CT molecular complexity index is 263. The van der Waals surface area contributed by atoms with Crippen LogP contribution in [0.15, 0.2) is 18.4 Å². The number of hydrogen-bond donors (Lipinski definition) is 3. The molecule has 0 fully saturated rings. The van der Waals surface area contributed by atoms with Crippen LogP contribution in [0.1, 0.15) is 12.8 Å². The summed E-state index contributed by atoms with van der Waals surface area (Å²) in [6.07, 6.45) is 0.569. The van der Waals surface area contributed by atoms with Crippen LogP contribution in [0.5, 0.6) is 0 Å². The van der Waals surface area contributed by atoms with Gasteiger partial charge in [-0.05, 0) is 12.5 Å². The molecule has 0 rings (SSSR count). The average Bonchev–Trinajstić information content (AvgIpc) is 2.01.